The monoisotopic (exact) mass is 312 g/mol. The summed E-state index contributed by atoms with van der Waals surface area (Å²) < 4.78 is 13.2. The molecule has 1 heterocycles. The SMILES string of the molecule is O=C1C[C@@H](Nc2cccc(F)c2)C(=O)N1CCc1ccccc1. The van der Waals surface area contributed by atoms with Gasteiger partial charge in [0.1, 0.15) is 11.9 Å². The summed E-state index contributed by atoms with van der Waals surface area (Å²) in [5, 5.41) is 2.94. The van der Waals surface area contributed by atoms with E-state index in [-0.39, 0.29) is 24.1 Å². The fourth-order valence-corrected chi connectivity index (χ4v) is 2.70. The van der Waals surface area contributed by atoms with Crippen LogP contribution in [0.3, 0.4) is 0 Å². The maximum atomic E-state index is 13.2. The predicted molar refractivity (Wildman–Crippen MR) is 85.3 cm³/mol. The smallest absolute Gasteiger partial charge is 0.252 e. The molecule has 1 saturated heterocycles. The van der Waals surface area contributed by atoms with E-state index >= 15 is 0 Å². The fraction of sp³-hybridized carbons (Fsp3) is 0.222. The number of hydrogen-bond donors (Lipinski definition) is 1. The Kier molecular flexibility index (Phi) is 4.37. The highest BCUT2D eigenvalue weighted by Gasteiger charge is 2.38. The van der Waals surface area contributed by atoms with Crippen LogP contribution in [0.5, 0.6) is 0 Å². The average molecular weight is 312 g/mol. The second-order valence-corrected chi connectivity index (χ2v) is 5.53. The van der Waals surface area contributed by atoms with Crippen LogP contribution in [-0.2, 0) is 16.0 Å². The molecule has 2 amide bonds. The molecule has 1 aliphatic heterocycles. The van der Waals surface area contributed by atoms with Gasteiger partial charge in [0.05, 0.1) is 6.42 Å². The molecule has 1 fully saturated rings. The van der Waals surface area contributed by atoms with Gasteiger partial charge in [-0.05, 0) is 30.2 Å². The highest BCUT2D eigenvalue weighted by molar-refractivity contribution is 6.06. The molecule has 1 atom stereocenters. The van der Waals surface area contributed by atoms with Crippen LogP contribution in [-0.4, -0.2) is 29.3 Å². The second kappa shape index (κ2) is 6.60. The standard InChI is InChI=1S/C18H17FN2O2/c19-14-7-4-8-15(11-14)20-16-12-17(22)21(18(16)23)10-9-13-5-2-1-3-6-13/h1-8,11,16,20H,9-10,12H2/t16-/m1/s1. The first-order valence-corrected chi connectivity index (χ1v) is 7.54. The van der Waals surface area contributed by atoms with Gasteiger partial charge in [0, 0.05) is 12.2 Å². The number of halogens is 1. The molecule has 0 saturated carbocycles. The normalized spacial score (nSPS) is 17.6. The van der Waals surface area contributed by atoms with E-state index in [2.05, 4.69) is 5.32 Å². The molecule has 4 nitrogen and oxygen atoms in total. The van der Waals surface area contributed by atoms with Crippen LogP contribution in [0.25, 0.3) is 0 Å². The van der Waals surface area contributed by atoms with Crippen molar-refractivity contribution in [2.75, 3.05) is 11.9 Å². The first-order chi connectivity index (χ1) is 11.1. The van der Waals surface area contributed by atoms with Crippen molar-refractivity contribution in [3.8, 4) is 0 Å². The average Bonchev–Trinajstić information content (AvgIpc) is 2.80. The molecule has 0 unspecified atom stereocenters. The number of anilines is 1. The van der Waals surface area contributed by atoms with Gasteiger partial charge >= 0.3 is 0 Å². The Morgan fingerprint density at radius 2 is 1.87 bits per heavy atom. The van der Waals surface area contributed by atoms with Crippen molar-refractivity contribution in [1.82, 2.24) is 4.90 Å². The predicted octanol–water partition coefficient (Wildman–Crippen LogP) is 2.61. The molecule has 3 rings (SSSR count). The van der Waals surface area contributed by atoms with Crippen molar-refractivity contribution in [3.05, 3.63) is 66.0 Å². The fourth-order valence-electron chi connectivity index (χ4n) is 2.70. The number of imide groups is 1. The van der Waals surface area contributed by atoms with Gasteiger partial charge in [-0.15, -0.1) is 0 Å². The lowest BCUT2D eigenvalue weighted by molar-refractivity contribution is -0.138. The number of nitrogens with zero attached hydrogens (tertiary/aromatic N) is 1. The van der Waals surface area contributed by atoms with Crippen molar-refractivity contribution >= 4 is 17.5 Å². The molecule has 2 aromatic carbocycles. The minimum Gasteiger partial charge on any atom is -0.373 e. The number of likely N-dealkylation sites (tertiary alicyclic amines) is 1. The third-order valence-electron chi connectivity index (χ3n) is 3.88. The maximum Gasteiger partial charge on any atom is 0.252 e. The summed E-state index contributed by atoms with van der Waals surface area (Å²) >= 11 is 0. The molecular weight excluding hydrogens is 295 g/mol. The van der Waals surface area contributed by atoms with E-state index in [1.54, 1.807) is 12.1 Å². The van der Waals surface area contributed by atoms with Crippen molar-refractivity contribution in [2.45, 2.75) is 18.9 Å². The molecule has 118 valence electrons. The number of rotatable bonds is 5. The van der Waals surface area contributed by atoms with Crippen LogP contribution in [0.2, 0.25) is 0 Å². The van der Waals surface area contributed by atoms with Crippen molar-refractivity contribution in [2.24, 2.45) is 0 Å². The van der Waals surface area contributed by atoms with Crippen LogP contribution in [0.4, 0.5) is 10.1 Å². The summed E-state index contributed by atoms with van der Waals surface area (Å²) in [6.07, 6.45) is 0.731. The Labute approximate surface area is 133 Å². The van der Waals surface area contributed by atoms with E-state index in [9.17, 15) is 14.0 Å². The molecule has 0 bridgehead atoms. The zero-order valence-corrected chi connectivity index (χ0v) is 12.5. The summed E-state index contributed by atoms with van der Waals surface area (Å²) in [5.74, 6) is -0.831. The lowest BCUT2D eigenvalue weighted by Gasteiger charge is -2.16. The third kappa shape index (κ3) is 3.56. The molecule has 0 aliphatic carbocycles. The van der Waals surface area contributed by atoms with Crippen molar-refractivity contribution in [1.29, 1.82) is 0 Å². The van der Waals surface area contributed by atoms with E-state index in [0.29, 0.717) is 18.7 Å². The lowest BCUT2D eigenvalue weighted by atomic mass is 10.1. The first kappa shape index (κ1) is 15.2. The summed E-state index contributed by atoms with van der Waals surface area (Å²) in [5.41, 5.74) is 1.58. The summed E-state index contributed by atoms with van der Waals surface area (Å²) in [6, 6.07) is 15.0. The Balaban J connectivity index is 1.63. The minimum atomic E-state index is -0.625. The van der Waals surface area contributed by atoms with E-state index in [1.807, 2.05) is 30.3 Å². The van der Waals surface area contributed by atoms with Crippen LogP contribution >= 0.6 is 0 Å². The molecule has 0 spiro atoms. The molecule has 23 heavy (non-hydrogen) atoms. The number of benzene rings is 2. The van der Waals surface area contributed by atoms with Gasteiger partial charge in [0.2, 0.25) is 5.91 Å². The Hall–Kier alpha value is -2.69. The van der Waals surface area contributed by atoms with Crippen LogP contribution in [0.15, 0.2) is 54.6 Å². The quantitative estimate of drug-likeness (QED) is 0.864. The van der Waals surface area contributed by atoms with Crippen LogP contribution in [0.1, 0.15) is 12.0 Å². The molecule has 1 aliphatic rings. The minimum absolute atomic E-state index is 0.101. The van der Waals surface area contributed by atoms with Crippen molar-refractivity contribution in [3.63, 3.8) is 0 Å². The number of hydrogen-bond acceptors (Lipinski definition) is 3. The Morgan fingerprint density at radius 3 is 2.61 bits per heavy atom. The molecule has 5 heteroatoms. The first-order valence-electron chi connectivity index (χ1n) is 7.54. The molecule has 2 aromatic rings. The topological polar surface area (TPSA) is 49.4 Å². The highest BCUT2D eigenvalue weighted by atomic mass is 19.1. The van der Waals surface area contributed by atoms with E-state index in [4.69, 9.17) is 0 Å². The zero-order chi connectivity index (χ0) is 16.2. The lowest BCUT2D eigenvalue weighted by Crippen LogP contribution is -2.36. The number of amides is 2. The maximum absolute atomic E-state index is 13.2. The molecular formula is C18H17FN2O2. The number of nitrogens with one attached hydrogen (secondary N) is 1. The third-order valence-corrected chi connectivity index (χ3v) is 3.88. The van der Waals surface area contributed by atoms with E-state index in [0.717, 1.165) is 5.56 Å². The van der Waals surface area contributed by atoms with Gasteiger partial charge in [0.15, 0.2) is 0 Å². The zero-order valence-electron chi connectivity index (χ0n) is 12.5. The number of carbonyl (C=O) groups excluding carboxylic acids is 2. The van der Waals surface area contributed by atoms with Gasteiger partial charge in [-0.25, -0.2) is 4.39 Å². The molecule has 0 radical (unpaired) electrons. The Morgan fingerprint density at radius 1 is 1.09 bits per heavy atom. The van der Waals surface area contributed by atoms with Gasteiger partial charge in [-0.3, -0.25) is 14.5 Å². The summed E-state index contributed by atoms with van der Waals surface area (Å²) in [6.45, 7) is 0.364. The van der Waals surface area contributed by atoms with Crippen LogP contribution < -0.4 is 5.32 Å². The Bertz CT molecular complexity index is 718. The summed E-state index contributed by atoms with van der Waals surface area (Å²) in [4.78, 5) is 25.7. The second-order valence-electron chi connectivity index (χ2n) is 5.53. The van der Waals surface area contributed by atoms with Crippen LogP contribution in [0, 0.1) is 5.82 Å². The highest BCUT2D eigenvalue weighted by Crippen LogP contribution is 2.19. The van der Waals surface area contributed by atoms with Gasteiger partial charge in [0.25, 0.3) is 5.91 Å². The van der Waals surface area contributed by atoms with Gasteiger partial charge in [-0.2, -0.15) is 0 Å². The van der Waals surface area contributed by atoms with Crippen molar-refractivity contribution < 1.29 is 14.0 Å². The molecule has 1 N–H and O–H groups in total. The largest absolute Gasteiger partial charge is 0.373 e. The summed E-state index contributed by atoms with van der Waals surface area (Å²) in [7, 11) is 0. The van der Waals surface area contributed by atoms with Gasteiger partial charge in [-0.1, -0.05) is 36.4 Å². The molecule has 0 aromatic heterocycles. The van der Waals surface area contributed by atoms with E-state index < -0.39 is 6.04 Å². The number of carbonyl (C=O) groups is 2. The van der Waals surface area contributed by atoms with Gasteiger partial charge < -0.3 is 5.32 Å². The van der Waals surface area contributed by atoms with E-state index in [1.165, 1.54) is 17.0 Å².